The van der Waals surface area contributed by atoms with Crippen LogP contribution in [0.3, 0.4) is 0 Å². The van der Waals surface area contributed by atoms with Crippen LogP contribution in [0.15, 0.2) is 18.3 Å². The van der Waals surface area contributed by atoms with Crippen LogP contribution in [0, 0.1) is 11.3 Å². The SMILES string of the molecule is CO[C@@H]1CSC[C@H]1Oc1cc(NC(=O)N2CCCc3cc(CN4CCOCC4=O)c(C=O)nc32)ncc1C#N. The number of aldehydes is 1. The Morgan fingerprint density at radius 3 is 2.95 bits per heavy atom. The molecular formula is C26H28N6O6S. The Morgan fingerprint density at radius 1 is 1.33 bits per heavy atom. The van der Waals surface area contributed by atoms with Gasteiger partial charge in [-0.05, 0) is 24.5 Å². The Morgan fingerprint density at radius 2 is 2.18 bits per heavy atom. The predicted molar refractivity (Wildman–Crippen MR) is 142 cm³/mol. The number of aromatic nitrogens is 2. The second-order valence-electron chi connectivity index (χ2n) is 9.33. The van der Waals surface area contributed by atoms with Gasteiger partial charge in [0.1, 0.15) is 53.5 Å². The minimum atomic E-state index is -0.467. The molecule has 3 amide bonds. The third-order valence-corrected chi connectivity index (χ3v) is 7.99. The van der Waals surface area contributed by atoms with E-state index >= 15 is 0 Å². The Balaban J connectivity index is 1.35. The number of nitrogens with zero attached hydrogens (tertiary/aromatic N) is 5. The van der Waals surface area contributed by atoms with E-state index in [1.165, 1.54) is 17.2 Å². The summed E-state index contributed by atoms with van der Waals surface area (Å²) in [6.45, 7) is 1.56. The lowest BCUT2D eigenvalue weighted by atomic mass is 10.0. The van der Waals surface area contributed by atoms with Gasteiger partial charge in [0.15, 0.2) is 6.29 Å². The molecule has 39 heavy (non-hydrogen) atoms. The van der Waals surface area contributed by atoms with Gasteiger partial charge in [-0.3, -0.25) is 19.8 Å². The number of thioether (sulfide) groups is 1. The van der Waals surface area contributed by atoms with Crippen LogP contribution in [-0.2, 0) is 27.2 Å². The first-order valence-corrected chi connectivity index (χ1v) is 13.8. The summed E-state index contributed by atoms with van der Waals surface area (Å²) in [4.78, 5) is 49.3. The molecular weight excluding hydrogens is 524 g/mol. The van der Waals surface area contributed by atoms with E-state index in [-0.39, 0.29) is 48.3 Å². The smallest absolute Gasteiger partial charge is 0.328 e. The molecule has 3 aliphatic heterocycles. The molecule has 0 aliphatic carbocycles. The van der Waals surface area contributed by atoms with Gasteiger partial charge in [0, 0.05) is 49.9 Å². The van der Waals surface area contributed by atoms with Gasteiger partial charge in [0.05, 0.1) is 12.8 Å². The summed E-state index contributed by atoms with van der Waals surface area (Å²) in [6, 6.07) is 4.99. The third-order valence-electron chi connectivity index (χ3n) is 6.86. The summed E-state index contributed by atoms with van der Waals surface area (Å²) < 4.78 is 16.7. The lowest BCUT2D eigenvalue weighted by Gasteiger charge is -2.30. The van der Waals surface area contributed by atoms with Crippen LogP contribution in [0.25, 0.3) is 0 Å². The molecule has 0 aromatic carbocycles. The molecule has 0 spiro atoms. The number of carbonyl (C=O) groups is 3. The summed E-state index contributed by atoms with van der Waals surface area (Å²) in [6.07, 6.45) is 3.07. The van der Waals surface area contributed by atoms with Crippen LogP contribution in [0.5, 0.6) is 5.75 Å². The highest BCUT2D eigenvalue weighted by atomic mass is 32.2. The number of rotatable bonds is 7. The lowest BCUT2D eigenvalue weighted by Crippen LogP contribution is -2.42. The van der Waals surface area contributed by atoms with Crippen molar-refractivity contribution in [2.45, 2.75) is 31.6 Å². The number of hydrogen-bond acceptors (Lipinski definition) is 10. The highest BCUT2D eigenvalue weighted by Crippen LogP contribution is 2.31. The Bertz CT molecular complexity index is 1320. The number of amides is 3. The number of fused-ring (bicyclic) bond motifs is 1. The van der Waals surface area contributed by atoms with E-state index < -0.39 is 6.03 Å². The average Bonchev–Trinajstić information content (AvgIpc) is 3.40. The fourth-order valence-electron chi connectivity index (χ4n) is 4.78. The fourth-order valence-corrected chi connectivity index (χ4v) is 6.01. The Hall–Kier alpha value is -3.73. The second kappa shape index (κ2) is 12.0. The first-order valence-electron chi connectivity index (χ1n) is 12.6. The summed E-state index contributed by atoms with van der Waals surface area (Å²) in [5, 5.41) is 12.3. The van der Waals surface area contributed by atoms with Crippen LogP contribution in [0.4, 0.5) is 16.4 Å². The fraction of sp³-hybridized carbons (Fsp3) is 0.462. The molecule has 204 valence electrons. The summed E-state index contributed by atoms with van der Waals surface area (Å²) in [7, 11) is 1.63. The van der Waals surface area contributed by atoms with E-state index in [0.717, 1.165) is 17.1 Å². The van der Waals surface area contributed by atoms with Gasteiger partial charge in [-0.25, -0.2) is 14.8 Å². The molecule has 2 atom stereocenters. The molecule has 2 aromatic rings. The second-order valence-corrected chi connectivity index (χ2v) is 10.4. The third kappa shape index (κ3) is 5.83. The number of pyridine rings is 2. The molecule has 0 saturated carbocycles. The number of morpholine rings is 1. The normalized spacial score (nSPS) is 20.8. The highest BCUT2D eigenvalue weighted by molar-refractivity contribution is 7.99. The number of carbonyl (C=O) groups excluding carboxylic acids is 3. The number of aryl methyl sites for hydroxylation is 1. The largest absolute Gasteiger partial charge is 0.485 e. The number of anilines is 2. The highest BCUT2D eigenvalue weighted by Gasteiger charge is 2.31. The molecule has 12 nitrogen and oxygen atoms in total. The molecule has 2 aromatic heterocycles. The maximum atomic E-state index is 13.3. The number of urea groups is 1. The van der Waals surface area contributed by atoms with Gasteiger partial charge in [-0.2, -0.15) is 17.0 Å². The van der Waals surface area contributed by atoms with E-state index in [2.05, 4.69) is 21.4 Å². The zero-order valence-corrected chi connectivity index (χ0v) is 22.2. The molecule has 0 unspecified atom stereocenters. The van der Waals surface area contributed by atoms with Crippen LogP contribution >= 0.6 is 11.8 Å². The van der Waals surface area contributed by atoms with Gasteiger partial charge in [-0.1, -0.05) is 0 Å². The molecule has 3 aliphatic rings. The Kier molecular flexibility index (Phi) is 8.25. The zero-order chi connectivity index (χ0) is 27.4. The first-order chi connectivity index (χ1) is 19.0. The van der Waals surface area contributed by atoms with E-state index in [1.807, 2.05) is 6.07 Å². The van der Waals surface area contributed by atoms with E-state index in [9.17, 15) is 19.6 Å². The van der Waals surface area contributed by atoms with Crippen LogP contribution < -0.4 is 15.0 Å². The summed E-state index contributed by atoms with van der Waals surface area (Å²) in [5.74, 6) is 2.32. The van der Waals surface area contributed by atoms with Gasteiger partial charge >= 0.3 is 6.03 Å². The standard InChI is InChI=1S/C26H28N6O6S/c1-36-21-14-39-15-22(21)38-20-8-23(28-10-18(20)9-27)30-26(35)32-4-2-3-16-7-17(19(12-33)29-25(16)32)11-31-5-6-37-13-24(31)34/h7-8,10,12,21-22H,2-6,11,13-15H2,1H3,(H,28,30,35)/t21-,22-/m1/s1. The molecule has 13 heteroatoms. The average molecular weight is 553 g/mol. The number of methoxy groups -OCH3 is 1. The summed E-state index contributed by atoms with van der Waals surface area (Å²) in [5.41, 5.74) is 1.89. The molecule has 5 rings (SSSR count). The Labute approximate surface area is 229 Å². The summed E-state index contributed by atoms with van der Waals surface area (Å²) >= 11 is 1.71. The van der Waals surface area contributed by atoms with Crippen LogP contribution in [-0.4, -0.2) is 90.2 Å². The number of nitriles is 1. The lowest BCUT2D eigenvalue weighted by molar-refractivity contribution is -0.143. The van der Waals surface area contributed by atoms with Crippen molar-refractivity contribution in [3.8, 4) is 11.8 Å². The number of nitrogens with one attached hydrogen (secondary N) is 1. The molecule has 0 bridgehead atoms. The van der Waals surface area contributed by atoms with E-state index in [4.69, 9.17) is 14.2 Å². The predicted octanol–water partition coefficient (Wildman–Crippen LogP) is 2.01. The minimum Gasteiger partial charge on any atom is -0.485 e. The van der Waals surface area contributed by atoms with E-state index in [0.29, 0.717) is 56.0 Å². The number of hydrogen-bond donors (Lipinski definition) is 1. The number of ether oxygens (including phenoxy) is 3. The van der Waals surface area contributed by atoms with Crippen molar-refractivity contribution in [2.75, 3.05) is 55.1 Å². The van der Waals surface area contributed by atoms with Crippen LogP contribution in [0.1, 0.15) is 33.6 Å². The molecule has 2 fully saturated rings. The van der Waals surface area contributed by atoms with Crippen molar-refractivity contribution in [3.63, 3.8) is 0 Å². The van der Waals surface area contributed by atoms with Gasteiger partial charge in [-0.15, -0.1) is 0 Å². The molecule has 1 N–H and O–H groups in total. The quantitative estimate of drug-likeness (QED) is 0.506. The van der Waals surface area contributed by atoms with Crippen molar-refractivity contribution in [3.05, 3.63) is 40.7 Å². The van der Waals surface area contributed by atoms with Gasteiger partial charge in [0.2, 0.25) is 5.91 Å². The monoisotopic (exact) mass is 552 g/mol. The topological polar surface area (TPSA) is 147 Å². The molecule has 5 heterocycles. The van der Waals surface area contributed by atoms with Crippen molar-refractivity contribution in [1.29, 1.82) is 5.26 Å². The van der Waals surface area contributed by atoms with Crippen LogP contribution in [0.2, 0.25) is 0 Å². The molecule has 0 radical (unpaired) electrons. The first kappa shape index (κ1) is 26.9. The van der Waals surface area contributed by atoms with Gasteiger partial charge < -0.3 is 19.1 Å². The van der Waals surface area contributed by atoms with Crippen molar-refractivity contribution in [2.24, 2.45) is 0 Å². The van der Waals surface area contributed by atoms with E-state index in [1.54, 1.807) is 23.8 Å². The van der Waals surface area contributed by atoms with Crippen molar-refractivity contribution >= 4 is 41.6 Å². The van der Waals surface area contributed by atoms with Crippen molar-refractivity contribution < 1.29 is 28.6 Å². The minimum absolute atomic E-state index is 0.0193. The molecule has 2 saturated heterocycles. The maximum absolute atomic E-state index is 13.3. The van der Waals surface area contributed by atoms with Gasteiger partial charge in [0.25, 0.3) is 0 Å². The maximum Gasteiger partial charge on any atom is 0.328 e. The zero-order valence-electron chi connectivity index (χ0n) is 21.4. The van der Waals surface area contributed by atoms with Crippen molar-refractivity contribution in [1.82, 2.24) is 14.9 Å².